The van der Waals surface area contributed by atoms with Crippen LogP contribution < -0.4 is 5.73 Å². The van der Waals surface area contributed by atoms with Gasteiger partial charge in [0.25, 0.3) is 0 Å². The van der Waals surface area contributed by atoms with Gasteiger partial charge in [0.2, 0.25) is 0 Å². The van der Waals surface area contributed by atoms with E-state index in [4.69, 9.17) is 5.73 Å². The number of nitrogen functional groups attached to an aromatic ring is 1. The molecule has 0 spiro atoms. The number of anilines is 1. The lowest BCUT2D eigenvalue weighted by molar-refractivity contribution is 0.624. The minimum absolute atomic E-state index is 0.249. The smallest absolute Gasteiger partial charge is 0.124 e. The Morgan fingerprint density at radius 1 is 1.22 bits per heavy atom. The van der Waals surface area contributed by atoms with Gasteiger partial charge in [-0.1, -0.05) is 17.8 Å². The summed E-state index contributed by atoms with van der Waals surface area (Å²) in [5, 5.41) is 7.81. The highest BCUT2D eigenvalue weighted by Crippen LogP contribution is 2.34. The molecule has 3 aromatic rings. The van der Waals surface area contributed by atoms with Crippen LogP contribution in [0.1, 0.15) is 0 Å². The van der Waals surface area contributed by atoms with Crippen LogP contribution in [-0.4, -0.2) is 10.2 Å². The fourth-order valence-corrected chi connectivity index (χ4v) is 2.66. The van der Waals surface area contributed by atoms with Gasteiger partial charge in [0, 0.05) is 20.9 Å². The van der Waals surface area contributed by atoms with Crippen LogP contribution in [0.15, 0.2) is 52.4 Å². The zero-order valence-electron chi connectivity index (χ0n) is 9.35. The molecule has 1 heterocycles. The number of nitrogens with zero attached hydrogens (tertiary/aromatic N) is 1. The number of benzene rings is 2. The second kappa shape index (κ2) is 4.34. The summed E-state index contributed by atoms with van der Waals surface area (Å²) in [6, 6.07) is 10.2. The first-order valence-corrected chi connectivity index (χ1v) is 6.20. The largest absolute Gasteiger partial charge is 0.398 e. The van der Waals surface area contributed by atoms with E-state index in [-0.39, 0.29) is 5.82 Å². The molecule has 0 aliphatic carbocycles. The number of nitrogens with two attached hydrogens (primary N) is 1. The third kappa shape index (κ3) is 2.04. The van der Waals surface area contributed by atoms with Gasteiger partial charge in [-0.2, -0.15) is 5.10 Å². The maximum absolute atomic E-state index is 13.1. The predicted molar refractivity (Wildman–Crippen MR) is 71.0 cm³/mol. The van der Waals surface area contributed by atoms with Gasteiger partial charge in [-0.3, -0.25) is 5.10 Å². The Hall–Kier alpha value is -2.01. The van der Waals surface area contributed by atoms with E-state index in [0.29, 0.717) is 5.69 Å². The molecule has 3 nitrogen and oxygen atoms in total. The summed E-state index contributed by atoms with van der Waals surface area (Å²) < 4.78 is 13.1. The van der Waals surface area contributed by atoms with Crippen LogP contribution in [-0.2, 0) is 0 Å². The molecule has 1 aromatic heterocycles. The normalized spacial score (nSPS) is 10.9. The summed E-state index contributed by atoms with van der Waals surface area (Å²) in [5.74, 6) is -0.249. The summed E-state index contributed by atoms with van der Waals surface area (Å²) in [7, 11) is 0. The molecule has 0 aliphatic heterocycles. The first-order chi connectivity index (χ1) is 8.72. The molecule has 18 heavy (non-hydrogen) atoms. The zero-order chi connectivity index (χ0) is 12.5. The number of aromatic amines is 1. The molecule has 0 bridgehead atoms. The number of fused-ring (bicyclic) bond motifs is 1. The summed E-state index contributed by atoms with van der Waals surface area (Å²) in [4.78, 5) is 1.71. The highest BCUT2D eigenvalue weighted by Gasteiger charge is 2.06. The van der Waals surface area contributed by atoms with Gasteiger partial charge in [0.15, 0.2) is 0 Å². The molecular formula is C13H10FN3S. The zero-order valence-corrected chi connectivity index (χ0v) is 10.2. The molecule has 90 valence electrons. The van der Waals surface area contributed by atoms with E-state index in [1.54, 1.807) is 12.3 Å². The molecule has 0 fully saturated rings. The Bertz CT molecular complexity index is 708. The second-order valence-corrected chi connectivity index (χ2v) is 5.02. The Morgan fingerprint density at radius 3 is 2.94 bits per heavy atom. The van der Waals surface area contributed by atoms with Gasteiger partial charge in [0.1, 0.15) is 5.82 Å². The highest BCUT2D eigenvalue weighted by molar-refractivity contribution is 7.99. The van der Waals surface area contributed by atoms with Crippen LogP contribution >= 0.6 is 11.8 Å². The van der Waals surface area contributed by atoms with Crippen molar-refractivity contribution in [3.63, 3.8) is 0 Å². The van der Waals surface area contributed by atoms with Crippen molar-refractivity contribution in [3.05, 3.63) is 48.4 Å². The van der Waals surface area contributed by atoms with Crippen LogP contribution in [0.3, 0.4) is 0 Å². The summed E-state index contributed by atoms with van der Waals surface area (Å²) in [5.41, 5.74) is 7.56. The van der Waals surface area contributed by atoms with Crippen molar-refractivity contribution in [1.29, 1.82) is 0 Å². The van der Waals surface area contributed by atoms with E-state index in [0.717, 1.165) is 20.7 Å². The molecule has 0 saturated carbocycles. The first-order valence-electron chi connectivity index (χ1n) is 5.38. The number of rotatable bonds is 2. The fourth-order valence-electron chi connectivity index (χ4n) is 1.74. The van der Waals surface area contributed by atoms with Gasteiger partial charge in [0.05, 0.1) is 11.7 Å². The van der Waals surface area contributed by atoms with Crippen molar-refractivity contribution in [1.82, 2.24) is 10.2 Å². The third-order valence-corrected chi connectivity index (χ3v) is 3.66. The lowest BCUT2D eigenvalue weighted by atomic mass is 10.2. The van der Waals surface area contributed by atoms with Crippen molar-refractivity contribution in [3.8, 4) is 0 Å². The third-order valence-electron chi connectivity index (χ3n) is 2.59. The topological polar surface area (TPSA) is 54.7 Å². The SMILES string of the molecule is Nc1cc2cn[nH]c2cc1Sc1cccc(F)c1. The fraction of sp³-hybridized carbons (Fsp3) is 0. The highest BCUT2D eigenvalue weighted by atomic mass is 32.2. The molecular weight excluding hydrogens is 249 g/mol. The number of aromatic nitrogens is 2. The van der Waals surface area contributed by atoms with Gasteiger partial charge in [-0.25, -0.2) is 4.39 Å². The van der Waals surface area contributed by atoms with E-state index in [2.05, 4.69) is 10.2 Å². The van der Waals surface area contributed by atoms with E-state index >= 15 is 0 Å². The number of hydrogen-bond acceptors (Lipinski definition) is 3. The van der Waals surface area contributed by atoms with Crippen molar-refractivity contribution < 1.29 is 4.39 Å². The Kier molecular flexibility index (Phi) is 2.68. The second-order valence-electron chi connectivity index (χ2n) is 3.91. The maximum atomic E-state index is 13.1. The molecule has 3 rings (SSSR count). The minimum atomic E-state index is -0.249. The standard InChI is InChI=1S/C13H10FN3S/c14-9-2-1-3-10(5-9)18-13-6-12-8(4-11(13)15)7-16-17-12/h1-7H,15H2,(H,16,17). The van der Waals surface area contributed by atoms with Crippen molar-refractivity contribution in [2.24, 2.45) is 0 Å². The van der Waals surface area contributed by atoms with E-state index in [1.165, 1.54) is 23.9 Å². The average molecular weight is 259 g/mol. The molecule has 2 aromatic carbocycles. The van der Waals surface area contributed by atoms with Crippen molar-refractivity contribution >= 4 is 28.4 Å². The van der Waals surface area contributed by atoms with Crippen molar-refractivity contribution in [2.45, 2.75) is 9.79 Å². The Morgan fingerprint density at radius 2 is 2.11 bits per heavy atom. The minimum Gasteiger partial charge on any atom is -0.398 e. The lowest BCUT2D eigenvalue weighted by Gasteiger charge is -2.05. The predicted octanol–water partition coefficient (Wildman–Crippen LogP) is 3.44. The van der Waals surface area contributed by atoms with E-state index in [1.807, 2.05) is 18.2 Å². The van der Waals surface area contributed by atoms with Crippen LogP contribution in [0.5, 0.6) is 0 Å². The Labute approximate surface area is 107 Å². The Balaban J connectivity index is 2.01. The number of nitrogens with one attached hydrogen (secondary N) is 1. The van der Waals surface area contributed by atoms with Gasteiger partial charge < -0.3 is 5.73 Å². The molecule has 0 unspecified atom stereocenters. The van der Waals surface area contributed by atoms with E-state index in [9.17, 15) is 4.39 Å². The molecule has 5 heteroatoms. The van der Waals surface area contributed by atoms with Crippen molar-refractivity contribution in [2.75, 3.05) is 5.73 Å². The van der Waals surface area contributed by atoms with Crippen LogP contribution in [0.25, 0.3) is 10.9 Å². The van der Waals surface area contributed by atoms with E-state index < -0.39 is 0 Å². The number of H-pyrrole nitrogens is 1. The van der Waals surface area contributed by atoms with Gasteiger partial charge in [-0.05, 0) is 30.3 Å². The molecule has 0 atom stereocenters. The summed E-state index contributed by atoms with van der Waals surface area (Å²) in [6.07, 6.45) is 1.72. The summed E-state index contributed by atoms with van der Waals surface area (Å²) in [6.45, 7) is 0. The van der Waals surface area contributed by atoms with Crippen LogP contribution in [0.2, 0.25) is 0 Å². The molecule has 0 radical (unpaired) electrons. The molecule has 0 amide bonds. The summed E-state index contributed by atoms with van der Waals surface area (Å²) >= 11 is 1.43. The molecule has 3 N–H and O–H groups in total. The number of hydrogen-bond donors (Lipinski definition) is 2. The number of halogens is 1. The lowest BCUT2D eigenvalue weighted by Crippen LogP contribution is -1.88. The first kappa shape index (κ1) is 11.1. The molecule has 0 aliphatic rings. The maximum Gasteiger partial charge on any atom is 0.124 e. The molecule has 0 saturated heterocycles. The quantitative estimate of drug-likeness (QED) is 0.693. The van der Waals surface area contributed by atoms with Crippen LogP contribution in [0, 0.1) is 5.82 Å². The van der Waals surface area contributed by atoms with Gasteiger partial charge in [-0.15, -0.1) is 0 Å². The van der Waals surface area contributed by atoms with Gasteiger partial charge >= 0.3 is 0 Å². The van der Waals surface area contributed by atoms with Crippen LogP contribution in [0.4, 0.5) is 10.1 Å². The average Bonchev–Trinajstić information content (AvgIpc) is 2.76. The monoisotopic (exact) mass is 259 g/mol.